The standard InChI is InChI=1S/C16H20N4O2S/c1-12-8-13(23-9-12)14(21)19-10-16(22)4-2-7-20(11-16)15-17-5-3-6-18-15/h3,5-6,8-9,22H,2,4,7,10-11H2,1H3,(H,19,21)/t16-/m1/s1. The molecule has 1 atom stereocenters. The van der Waals surface area contributed by atoms with Crippen LogP contribution in [-0.4, -0.2) is 46.2 Å². The molecule has 1 saturated heterocycles. The normalized spacial score (nSPS) is 21.2. The molecular weight excluding hydrogens is 312 g/mol. The van der Waals surface area contributed by atoms with E-state index in [9.17, 15) is 9.90 Å². The van der Waals surface area contributed by atoms with Gasteiger partial charge in [0.1, 0.15) is 0 Å². The molecule has 6 nitrogen and oxygen atoms in total. The van der Waals surface area contributed by atoms with Crippen molar-refractivity contribution in [2.45, 2.75) is 25.4 Å². The lowest BCUT2D eigenvalue weighted by atomic mass is 9.93. The molecule has 1 fully saturated rings. The van der Waals surface area contributed by atoms with Crippen LogP contribution in [0.2, 0.25) is 0 Å². The molecule has 23 heavy (non-hydrogen) atoms. The Morgan fingerprint density at radius 1 is 1.48 bits per heavy atom. The number of hydrogen-bond donors (Lipinski definition) is 2. The minimum absolute atomic E-state index is 0.135. The monoisotopic (exact) mass is 332 g/mol. The van der Waals surface area contributed by atoms with Gasteiger partial charge in [-0.2, -0.15) is 0 Å². The quantitative estimate of drug-likeness (QED) is 0.889. The number of nitrogens with zero attached hydrogens (tertiary/aromatic N) is 3. The number of rotatable bonds is 4. The van der Waals surface area contributed by atoms with Crippen LogP contribution in [0.25, 0.3) is 0 Å². The molecular formula is C16H20N4O2S. The number of piperidine rings is 1. The third-order valence-corrected chi connectivity index (χ3v) is 4.97. The van der Waals surface area contributed by atoms with Crippen molar-refractivity contribution in [1.29, 1.82) is 0 Å². The highest BCUT2D eigenvalue weighted by molar-refractivity contribution is 7.12. The zero-order valence-corrected chi connectivity index (χ0v) is 13.8. The number of anilines is 1. The molecule has 1 aliphatic heterocycles. The van der Waals surface area contributed by atoms with Gasteiger partial charge in [0.15, 0.2) is 0 Å². The lowest BCUT2D eigenvalue weighted by Gasteiger charge is -2.39. The second kappa shape index (κ2) is 6.64. The van der Waals surface area contributed by atoms with Crippen molar-refractivity contribution < 1.29 is 9.90 Å². The molecule has 0 unspecified atom stereocenters. The van der Waals surface area contributed by atoms with Gasteiger partial charge in [-0.1, -0.05) is 0 Å². The van der Waals surface area contributed by atoms with Gasteiger partial charge in [-0.15, -0.1) is 11.3 Å². The van der Waals surface area contributed by atoms with E-state index in [1.807, 2.05) is 23.3 Å². The molecule has 2 aromatic rings. The van der Waals surface area contributed by atoms with Crippen molar-refractivity contribution in [2.75, 3.05) is 24.5 Å². The third kappa shape index (κ3) is 3.86. The first-order valence-electron chi connectivity index (χ1n) is 7.63. The van der Waals surface area contributed by atoms with Crippen molar-refractivity contribution in [3.8, 4) is 0 Å². The zero-order chi connectivity index (χ0) is 16.3. The van der Waals surface area contributed by atoms with E-state index < -0.39 is 5.60 Å². The smallest absolute Gasteiger partial charge is 0.261 e. The summed E-state index contributed by atoms with van der Waals surface area (Å²) in [5, 5.41) is 15.6. The van der Waals surface area contributed by atoms with Crippen LogP contribution in [0.3, 0.4) is 0 Å². The summed E-state index contributed by atoms with van der Waals surface area (Å²) in [5.41, 5.74) is 0.114. The molecule has 0 radical (unpaired) electrons. The van der Waals surface area contributed by atoms with Gasteiger partial charge in [-0.25, -0.2) is 9.97 Å². The lowest BCUT2D eigenvalue weighted by molar-refractivity contribution is 0.0253. The number of amides is 1. The maximum Gasteiger partial charge on any atom is 0.261 e. The zero-order valence-electron chi connectivity index (χ0n) is 13.0. The first-order chi connectivity index (χ1) is 11.1. The highest BCUT2D eigenvalue weighted by atomic mass is 32.1. The fraction of sp³-hybridized carbons (Fsp3) is 0.438. The van der Waals surface area contributed by atoms with Crippen LogP contribution >= 0.6 is 11.3 Å². The highest BCUT2D eigenvalue weighted by Gasteiger charge is 2.34. The average molecular weight is 332 g/mol. The molecule has 2 N–H and O–H groups in total. The van der Waals surface area contributed by atoms with Gasteiger partial charge < -0.3 is 15.3 Å². The summed E-state index contributed by atoms with van der Waals surface area (Å²) in [4.78, 5) is 23.2. The Kier molecular flexibility index (Phi) is 4.58. The van der Waals surface area contributed by atoms with E-state index in [0.29, 0.717) is 23.8 Å². The lowest BCUT2D eigenvalue weighted by Crippen LogP contribution is -2.54. The molecule has 122 valence electrons. The molecule has 3 heterocycles. The van der Waals surface area contributed by atoms with Gasteiger partial charge in [0.25, 0.3) is 5.91 Å². The Bertz CT molecular complexity index is 676. The Morgan fingerprint density at radius 2 is 2.26 bits per heavy atom. The van der Waals surface area contributed by atoms with Crippen molar-refractivity contribution in [3.63, 3.8) is 0 Å². The van der Waals surface area contributed by atoms with Gasteiger partial charge in [-0.3, -0.25) is 4.79 Å². The average Bonchev–Trinajstić information content (AvgIpc) is 3.00. The number of carbonyl (C=O) groups is 1. The Labute approximate surface area is 139 Å². The van der Waals surface area contributed by atoms with Crippen LogP contribution in [0, 0.1) is 6.92 Å². The number of aliphatic hydroxyl groups is 1. The van der Waals surface area contributed by atoms with Crippen LogP contribution in [0.4, 0.5) is 5.95 Å². The summed E-state index contributed by atoms with van der Waals surface area (Å²) in [6.07, 6.45) is 4.87. The van der Waals surface area contributed by atoms with Gasteiger partial charge in [0.2, 0.25) is 5.95 Å². The summed E-state index contributed by atoms with van der Waals surface area (Å²) >= 11 is 1.42. The number of aryl methyl sites for hydroxylation is 1. The van der Waals surface area contributed by atoms with E-state index in [-0.39, 0.29) is 12.5 Å². The Hall–Kier alpha value is -1.99. The van der Waals surface area contributed by atoms with E-state index in [0.717, 1.165) is 18.5 Å². The minimum atomic E-state index is -0.959. The summed E-state index contributed by atoms with van der Waals surface area (Å²) < 4.78 is 0. The number of aromatic nitrogens is 2. The van der Waals surface area contributed by atoms with E-state index in [1.165, 1.54) is 11.3 Å². The van der Waals surface area contributed by atoms with Crippen molar-refractivity contribution in [2.24, 2.45) is 0 Å². The SMILES string of the molecule is Cc1csc(C(=O)NC[C@]2(O)CCCN(c3ncccn3)C2)c1. The molecule has 0 spiro atoms. The summed E-state index contributed by atoms with van der Waals surface area (Å²) in [6.45, 7) is 3.41. The summed E-state index contributed by atoms with van der Waals surface area (Å²) in [7, 11) is 0. The maximum absolute atomic E-state index is 12.1. The van der Waals surface area contributed by atoms with Crippen LogP contribution in [0.15, 0.2) is 29.9 Å². The second-order valence-electron chi connectivity index (χ2n) is 5.97. The van der Waals surface area contributed by atoms with E-state index >= 15 is 0 Å². The van der Waals surface area contributed by atoms with Crippen LogP contribution < -0.4 is 10.2 Å². The molecule has 7 heteroatoms. The fourth-order valence-electron chi connectivity index (χ4n) is 2.76. The first-order valence-corrected chi connectivity index (χ1v) is 8.51. The van der Waals surface area contributed by atoms with E-state index in [1.54, 1.807) is 18.5 Å². The maximum atomic E-state index is 12.1. The van der Waals surface area contributed by atoms with Crippen molar-refractivity contribution >= 4 is 23.2 Å². The van der Waals surface area contributed by atoms with Gasteiger partial charge >= 0.3 is 0 Å². The third-order valence-electron chi connectivity index (χ3n) is 3.92. The second-order valence-corrected chi connectivity index (χ2v) is 6.88. The molecule has 0 aromatic carbocycles. The topological polar surface area (TPSA) is 78.4 Å². The van der Waals surface area contributed by atoms with Crippen LogP contribution in [-0.2, 0) is 0 Å². The van der Waals surface area contributed by atoms with E-state index in [4.69, 9.17) is 0 Å². The largest absolute Gasteiger partial charge is 0.386 e. The fourth-order valence-corrected chi connectivity index (χ4v) is 3.58. The van der Waals surface area contributed by atoms with Gasteiger partial charge in [0.05, 0.1) is 17.0 Å². The van der Waals surface area contributed by atoms with Crippen LogP contribution in [0.5, 0.6) is 0 Å². The van der Waals surface area contributed by atoms with Crippen molar-refractivity contribution in [1.82, 2.24) is 15.3 Å². The number of β-amino-alcohol motifs (C(OH)–C–C–N with tert-alkyl or cyclic N) is 1. The molecule has 2 aromatic heterocycles. The minimum Gasteiger partial charge on any atom is -0.386 e. The molecule has 1 amide bonds. The Balaban J connectivity index is 1.61. The molecule has 0 bridgehead atoms. The van der Waals surface area contributed by atoms with E-state index in [2.05, 4.69) is 15.3 Å². The molecule has 3 rings (SSSR count). The Morgan fingerprint density at radius 3 is 2.96 bits per heavy atom. The number of hydrogen-bond acceptors (Lipinski definition) is 6. The number of thiophene rings is 1. The predicted octanol–water partition coefficient (Wildman–Crippen LogP) is 1.61. The highest BCUT2D eigenvalue weighted by Crippen LogP contribution is 2.23. The summed E-state index contributed by atoms with van der Waals surface area (Å²) in [6, 6.07) is 3.62. The number of nitrogens with one attached hydrogen (secondary N) is 1. The predicted molar refractivity (Wildman–Crippen MR) is 89.8 cm³/mol. The van der Waals surface area contributed by atoms with Crippen molar-refractivity contribution in [3.05, 3.63) is 40.3 Å². The summed E-state index contributed by atoms with van der Waals surface area (Å²) in [5.74, 6) is 0.482. The first kappa shape index (κ1) is 15.9. The van der Waals surface area contributed by atoms with Gasteiger partial charge in [0, 0.05) is 25.5 Å². The van der Waals surface area contributed by atoms with Gasteiger partial charge in [-0.05, 0) is 42.8 Å². The molecule has 0 saturated carbocycles. The van der Waals surface area contributed by atoms with Crippen LogP contribution in [0.1, 0.15) is 28.1 Å². The number of carbonyl (C=O) groups excluding carboxylic acids is 1. The molecule has 0 aliphatic carbocycles. The molecule has 1 aliphatic rings.